The first-order chi connectivity index (χ1) is 13.5. The number of anilines is 2. The number of rotatable bonds is 8. The van der Waals surface area contributed by atoms with Crippen LogP contribution in [0.5, 0.6) is 0 Å². The molecule has 0 bridgehead atoms. The molecule has 0 aromatic carbocycles. The Balaban J connectivity index is 1.48. The molecule has 0 unspecified atom stereocenters. The maximum absolute atomic E-state index is 12.3. The molecule has 0 spiro atoms. The van der Waals surface area contributed by atoms with Crippen molar-refractivity contribution in [3.8, 4) is 0 Å². The Morgan fingerprint density at radius 3 is 2.57 bits per heavy atom. The zero-order valence-electron chi connectivity index (χ0n) is 15.8. The van der Waals surface area contributed by atoms with Crippen molar-refractivity contribution in [3.63, 3.8) is 0 Å². The molecule has 3 rings (SSSR count). The molecule has 0 atom stereocenters. The number of aromatic nitrogens is 5. The minimum absolute atomic E-state index is 0.140. The van der Waals surface area contributed by atoms with Gasteiger partial charge in [-0.3, -0.25) is 14.8 Å². The lowest BCUT2D eigenvalue weighted by atomic mass is 10.1. The summed E-state index contributed by atoms with van der Waals surface area (Å²) < 4.78 is 0.850. The summed E-state index contributed by atoms with van der Waals surface area (Å²) in [4.78, 5) is 34.1. The number of H-pyrrole nitrogens is 1. The fourth-order valence-electron chi connectivity index (χ4n) is 2.59. The van der Waals surface area contributed by atoms with Gasteiger partial charge in [-0.1, -0.05) is 6.07 Å². The number of aryl methyl sites for hydroxylation is 1. The van der Waals surface area contributed by atoms with Crippen LogP contribution in [0, 0.1) is 6.92 Å². The van der Waals surface area contributed by atoms with Crippen molar-refractivity contribution < 1.29 is 0 Å². The van der Waals surface area contributed by atoms with Crippen LogP contribution in [0.3, 0.4) is 0 Å². The van der Waals surface area contributed by atoms with E-state index in [1.54, 1.807) is 24.8 Å². The quantitative estimate of drug-likeness (QED) is 0.515. The van der Waals surface area contributed by atoms with Crippen LogP contribution in [0.25, 0.3) is 0 Å². The minimum Gasteiger partial charge on any atom is -0.356 e. The second kappa shape index (κ2) is 9.41. The van der Waals surface area contributed by atoms with Gasteiger partial charge in [0.25, 0.3) is 5.56 Å². The third-order valence-corrected chi connectivity index (χ3v) is 4.56. The van der Waals surface area contributed by atoms with E-state index in [0.717, 1.165) is 28.7 Å². The molecule has 0 saturated carbocycles. The first kappa shape index (κ1) is 19.9. The van der Waals surface area contributed by atoms with Crippen molar-refractivity contribution in [2.24, 2.45) is 0 Å². The fraction of sp³-hybridized carbons (Fsp3) is 0.316. The van der Waals surface area contributed by atoms with Gasteiger partial charge in [0.05, 0.1) is 4.47 Å². The van der Waals surface area contributed by atoms with E-state index in [1.807, 2.05) is 31.0 Å². The van der Waals surface area contributed by atoms with E-state index in [2.05, 4.69) is 46.2 Å². The Morgan fingerprint density at radius 1 is 1.11 bits per heavy atom. The Bertz CT molecular complexity index is 957. The average molecular weight is 444 g/mol. The standard InChI is InChI=1S/C19H22BrN7O/c1-13-4-5-14(9-22-13)8-15-10-23-18(26-17(15)28)21-6-3-7-27(2)19-24-11-16(20)12-25-19/h4-5,9-12H,3,6-8H2,1-2H3,(H2,21,23,26,28). The molecule has 28 heavy (non-hydrogen) atoms. The first-order valence-corrected chi connectivity index (χ1v) is 9.73. The number of hydrogen-bond donors (Lipinski definition) is 2. The summed E-state index contributed by atoms with van der Waals surface area (Å²) in [6.45, 7) is 3.38. The highest BCUT2D eigenvalue weighted by Gasteiger charge is 2.06. The van der Waals surface area contributed by atoms with Crippen LogP contribution in [-0.2, 0) is 6.42 Å². The molecule has 9 heteroatoms. The van der Waals surface area contributed by atoms with Gasteiger partial charge in [-0.2, -0.15) is 0 Å². The molecule has 0 fully saturated rings. The molecule has 0 aliphatic rings. The molecule has 3 aromatic heterocycles. The van der Waals surface area contributed by atoms with E-state index in [-0.39, 0.29) is 5.56 Å². The van der Waals surface area contributed by atoms with Gasteiger partial charge in [0, 0.05) is 62.6 Å². The van der Waals surface area contributed by atoms with Crippen molar-refractivity contribution in [3.05, 3.63) is 68.6 Å². The molecule has 3 aromatic rings. The maximum atomic E-state index is 12.3. The smallest absolute Gasteiger partial charge is 0.255 e. The summed E-state index contributed by atoms with van der Waals surface area (Å²) in [5.74, 6) is 1.14. The highest BCUT2D eigenvalue weighted by molar-refractivity contribution is 9.10. The summed E-state index contributed by atoms with van der Waals surface area (Å²) in [5, 5.41) is 3.15. The zero-order valence-corrected chi connectivity index (χ0v) is 17.4. The largest absolute Gasteiger partial charge is 0.356 e. The van der Waals surface area contributed by atoms with Gasteiger partial charge in [-0.15, -0.1) is 0 Å². The highest BCUT2D eigenvalue weighted by atomic mass is 79.9. The fourth-order valence-corrected chi connectivity index (χ4v) is 2.79. The van der Waals surface area contributed by atoms with Crippen molar-refractivity contribution in [2.75, 3.05) is 30.4 Å². The van der Waals surface area contributed by atoms with Crippen molar-refractivity contribution >= 4 is 27.8 Å². The number of hydrogen-bond acceptors (Lipinski definition) is 7. The van der Waals surface area contributed by atoms with Gasteiger partial charge < -0.3 is 10.2 Å². The lowest BCUT2D eigenvalue weighted by Gasteiger charge is -2.16. The Kier molecular flexibility index (Phi) is 6.70. The molecule has 0 radical (unpaired) electrons. The van der Waals surface area contributed by atoms with E-state index >= 15 is 0 Å². The normalized spacial score (nSPS) is 10.7. The maximum Gasteiger partial charge on any atom is 0.255 e. The molecule has 0 aliphatic heterocycles. The van der Waals surface area contributed by atoms with E-state index in [0.29, 0.717) is 30.4 Å². The second-order valence-electron chi connectivity index (χ2n) is 6.47. The van der Waals surface area contributed by atoms with Crippen LogP contribution in [0.2, 0.25) is 0 Å². The highest BCUT2D eigenvalue weighted by Crippen LogP contribution is 2.10. The molecular formula is C19H22BrN7O. The van der Waals surface area contributed by atoms with Crippen LogP contribution < -0.4 is 15.8 Å². The summed E-state index contributed by atoms with van der Waals surface area (Å²) in [6.07, 6.45) is 8.19. The summed E-state index contributed by atoms with van der Waals surface area (Å²) >= 11 is 3.32. The van der Waals surface area contributed by atoms with Gasteiger partial charge in [-0.25, -0.2) is 15.0 Å². The Labute approximate surface area is 171 Å². The molecule has 3 heterocycles. The minimum atomic E-state index is -0.140. The second-order valence-corrected chi connectivity index (χ2v) is 7.39. The van der Waals surface area contributed by atoms with Crippen LogP contribution in [0.15, 0.2) is 46.2 Å². The third kappa shape index (κ3) is 5.59. The van der Waals surface area contributed by atoms with Gasteiger partial charge in [0.15, 0.2) is 0 Å². The Morgan fingerprint density at radius 2 is 1.89 bits per heavy atom. The molecule has 2 N–H and O–H groups in total. The van der Waals surface area contributed by atoms with E-state index < -0.39 is 0 Å². The van der Waals surface area contributed by atoms with Crippen LogP contribution in [-0.4, -0.2) is 45.1 Å². The predicted molar refractivity (Wildman–Crippen MR) is 113 cm³/mol. The Hall–Kier alpha value is -2.81. The number of nitrogens with zero attached hydrogens (tertiary/aromatic N) is 5. The first-order valence-electron chi connectivity index (χ1n) is 8.93. The molecule has 0 aliphatic carbocycles. The lowest BCUT2D eigenvalue weighted by molar-refractivity contribution is 0.786. The van der Waals surface area contributed by atoms with E-state index in [9.17, 15) is 4.79 Å². The molecule has 0 saturated heterocycles. The van der Waals surface area contributed by atoms with Gasteiger partial charge in [0.2, 0.25) is 11.9 Å². The number of halogens is 1. The summed E-state index contributed by atoms with van der Waals surface area (Å²) in [7, 11) is 1.94. The van der Waals surface area contributed by atoms with Gasteiger partial charge in [0.1, 0.15) is 0 Å². The van der Waals surface area contributed by atoms with Crippen molar-refractivity contribution in [1.29, 1.82) is 0 Å². The van der Waals surface area contributed by atoms with Crippen LogP contribution >= 0.6 is 15.9 Å². The number of pyridine rings is 1. The predicted octanol–water partition coefficient (Wildman–Crippen LogP) is 2.56. The lowest BCUT2D eigenvalue weighted by Crippen LogP contribution is -2.23. The monoisotopic (exact) mass is 443 g/mol. The number of nitrogens with one attached hydrogen (secondary N) is 2. The van der Waals surface area contributed by atoms with Crippen LogP contribution in [0.4, 0.5) is 11.9 Å². The summed E-state index contributed by atoms with van der Waals surface area (Å²) in [6, 6.07) is 3.91. The van der Waals surface area contributed by atoms with Gasteiger partial charge >= 0.3 is 0 Å². The van der Waals surface area contributed by atoms with Gasteiger partial charge in [-0.05, 0) is 40.9 Å². The SMILES string of the molecule is Cc1ccc(Cc2cnc(NCCCN(C)c3ncc(Br)cn3)[nH]c2=O)cn1. The average Bonchev–Trinajstić information content (AvgIpc) is 2.69. The van der Waals surface area contributed by atoms with E-state index in [4.69, 9.17) is 0 Å². The summed E-state index contributed by atoms with van der Waals surface area (Å²) in [5.41, 5.74) is 2.41. The molecule has 146 valence electrons. The molecule has 8 nitrogen and oxygen atoms in total. The van der Waals surface area contributed by atoms with Crippen molar-refractivity contribution in [1.82, 2.24) is 24.9 Å². The number of aromatic amines is 1. The topological polar surface area (TPSA) is 99.7 Å². The third-order valence-electron chi connectivity index (χ3n) is 4.15. The van der Waals surface area contributed by atoms with E-state index in [1.165, 1.54) is 0 Å². The zero-order chi connectivity index (χ0) is 19.9. The van der Waals surface area contributed by atoms with Crippen molar-refractivity contribution in [2.45, 2.75) is 19.8 Å². The molecular weight excluding hydrogens is 422 g/mol. The molecule has 0 amide bonds. The van der Waals surface area contributed by atoms with Crippen LogP contribution in [0.1, 0.15) is 23.2 Å².